The molecule has 13 nitrogen and oxygen atoms in total. The molecule has 2 amide bonds. The second-order valence-electron chi connectivity index (χ2n) is 7.05. The maximum Gasteiger partial charge on any atom is 0.305 e. The first-order chi connectivity index (χ1) is 16.8. The fourth-order valence-electron chi connectivity index (χ4n) is 2.97. The minimum atomic E-state index is -1.09. The van der Waals surface area contributed by atoms with Gasteiger partial charge in [-0.05, 0) is 23.3 Å². The number of aromatic amines is 1. The molecule has 0 radical (unpaired) electrons. The van der Waals surface area contributed by atoms with Crippen LogP contribution in [-0.2, 0) is 4.79 Å². The van der Waals surface area contributed by atoms with E-state index in [1.54, 1.807) is 24.3 Å². The van der Waals surface area contributed by atoms with Crippen LogP contribution in [0, 0.1) is 0 Å². The number of H-pyrrole nitrogens is 1. The Morgan fingerprint density at radius 2 is 1.54 bits per heavy atom. The van der Waals surface area contributed by atoms with Crippen molar-refractivity contribution in [2.75, 3.05) is 20.8 Å². The highest BCUT2D eigenvalue weighted by Crippen LogP contribution is 2.24. The summed E-state index contributed by atoms with van der Waals surface area (Å²) in [5.74, 6) is -2.22. The molecular formula is C22H22N6O7. The largest absolute Gasteiger partial charge is 0.481 e. The Morgan fingerprint density at radius 1 is 0.943 bits per heavy atom. The zero-order chi connectivity index (χ0) is 25.4. The zero-order valence-corrected chi connectivity index (χ0v) is 18.8. The van der Waals surface area contributed by atoms with Crippen molar-refractivity contribution in [3.8, 4) is 11.8 Å². The van der Waals surface area contributed by atoms with Crippen LogP contribution in [0.15, 0.2) is 47.7 Å². The molecule has 182 valence electrons. The lowest BCUT2D eigenvalue weighted by molar-refractivity contribution is -0.136. The highest BCUT2D eigenvalue weighted by Gasteiger charge is 2.22. The number of nitrogens with zero attached hydrogens (tertiary/aromatic N) is 3. The van der Waals surface area contributed by atoms with E-state index in [0.29, 0.717) is 22.9 Å². The first-order valence-electron chi connectivity index (χ1n) is 10.2. The Kier molecular flexibility index (Phi) is 8.06. The molecule has 3 aromatic heterocycles. The summed E-state index contributed by atoms with van der Waals surface area (Å²) in [4.78, 5) is 62.4. The predicted octanol–water partition coefficient (Wildman–Crippen LogP) is 0.301. The molecular weight excluding hydrogens is 460 g/mol. The molecule has 13 heteroatoms. The Hall–Kier alpha value is -4.81. The molecule has 3 aromatic rings. The van der Waals surface area contributed by atoms with Gasteiger partial charge in [0.1, 0.15) is 5.56 Å². The molecule has 3 heterocycles. The van der Waals surface area contributed by atoms with Gasteiger partial charge in [0, 0.05) is 37.3 Å². The van der Waals surface area contributed by atoms with Gasteiger partial charge in [-0.3, -0.25) is 19.2 Å². The molecule has 35 heavy (non-hydrogen) atoms. The number of amides is 2. The van der Waals surface area contributed by atoms with Crippen molar-refractivity contribution in [1.82, 2.24) is 30.6 Å². The van der Waals surface area contributed by atoms with E-state index >= 15 is 0 Å². The zero-order valence-electron chi connectivity index (χ0n) is 18.8. The van der Waals surface area contributed by atoms with Gasteiger partial charge in [0.15, 0.2) is 5.82 Å². The SMILES string of the molecule is COc1ccc(C(NC(=O)c2cnc(C(=O)NCCC(=O)O)[nH]c2=O)c2ccc(OC)nc2)cn1. The van der Waals surface area contributed by atoms with Crippen LogP contribution in [0.5, 0.6) is 11.8 Å². The fourth-order valence-corrected chi connectivity index (χ4v) is 2.97. The van der Waals surface area contributed by atoms with Gasteiger partial charge < -0.3 is 30.2 Å². The summed E-state index contributed by atoms with van der Waals surface area (Å²) in [6.07, 6.45) is 3.70. The maximum atomic E-state index is 13.0. The summed E-state index contributed by atoms with van der Waals surface area (Å²) in [5, 5.41) is 13.7. The van der Waals surface area contributed by atoms with Gasteiger partial charge in [-0.25, -0.2) is 15.0 Å². The van der Waals surface area contributed by atoms with Crippen LogP contribution >= 0.6 is 0 Å². The minimum Gasteiger partial charge on any atom is -0.481 e. The van der Waals surface area contributed by atoms with Crippen molar-refractivity contribution in [3.63, 3.8) is 0 Å². The summed E-state index contributed by atoms with van der Waals surface area (Å²) in [6, 6.07) is 5.91. The Balaban J connectivity index is 1.84. The lowest BCUT2D eigenvalue weighted by Gasteiger charge is -2.19. The number of ether oxygens (including phenoxy) is 2. The van der Waals surface area contributed by atoms with Gasteiger partial charge in [-0.15, -0.1) is 0 Å². The number of nitrogens with one attached hydrogen (secondary N) is 3. The normalized spacial score (nSPS) is 10.5. The molecule has 0 aliphatic carbocycles. The van der Waals surface area contributed by atoms with Crippen molar-refractivity contribution in [2.45, 2.75) is 12.5 Å². The summed E-state index contributed by atoms with van der Waals surface area (Å²) in [7, 11) is 2.95. The van der Waals surface area contributed by atoms with E-state index in [1.807, 2.05) is 0 Å². The molecule has 0 unspecified atom stereocenters. The molecule has 4 N–H and O–H groups in total. The molecule has 0 saturated carbocycles. The summed E-state index contributed by atoms with van der Waals surface area (Å²) >= 11 is 0. The molecule has 0 atom stereocenters. The van der Waals surface area contributed by atoms with Gasteiger partial charge in [0.25, 0.3) is 17.4 Å². The molecule has 3 rings (SSSR count). The average molecular weight is 482 g/mol. The lowest BCUT2D eigenvalue weighted by Crippen LogP contribution is -2.35. The summed E-state index contributed by atoms with van der Waals surface area (Å²) in [5.41, 5.74) is -0.00441. The third-order valence-corrected chi connectivity index (χ3v) is 4.76. The molecule has 0 aromatic carbocycles. The molecule has 0 aliphatic heterocycles. The number of carboxylic acid groups (broad SMARTS) is 1. The summed E-state index contributed by atoms with van der Waals surface area (Å²) in [6.45, 7) is -0.145. The van der Waals surface area contributed by atoms with Crippen LogP contribution in [0.4, 0.5) is 0 Å². The summed E-state index contributed by atoms with van der Waals surface area (Å²) < 4.78 is 10.1. The Labute approximate surface area is 198 Å². The van der Waals surface area contributed by atoms with E-state index in [9.17, 15) is 19.2 Å². The van der Waals surface area contributed by atoms with E-state index in [0.717, 1.165) is 6.20 Å². The van der Waals surface area contributed by atoms with E-state index in [2.05, 4.69) is 30.6 Å². The minimum absolute atomic E-state index is 0.145. The van der Waals surface area contributed by atoms with Crippen LogP contribution < -0.4 is 25.7 Å². The van der Waals surface area contributed by atoms with Gasteiger partial charge in [-0.1, -0.05) is 0 Å². The monoisotopic (exact) mass is 482 g/mol. The fraction of sp³-hybridized carbons (Fsp3) is 0.227. The first kappa shape index (κ1) is 24.8. The maximum absolute atomic E-state index is 13.0. The van der Waals surface area contributed by atoms with E-state index in [1.165, 1.54) is 26.6 Å². The molecule has 0 spiro atoms. The highest BCUT2D eigenvalue weighted by atomic mass is 16.5. The standard InChI is InChI=1S/C22H22N6O7/c1-34-15-5-3-12(9-24-15)18(13-4-6-16(35-2)25-10-13)27-20(31)14-11-26-19(28-21(14)32)22(33)23-8-7-17(29)30/h3-6,9-11,18H,7-8H2,1-2H3,(H,23,33)(H,27,31)(H,29,30)(H,26,28,32). The molecule has 0 bridgehead atoms. The number of hydrogen-bond acceptors (Lipinski definition) is 9. The van der Waals surface area contributed by atoms with Gasteiger partial charge in [0.05, 0.1) is 26.7 Å². The number of carbonyl (C=O) groups is 3. The first-order valence-corrected chi connectivity index (χ1v) is 10.2. The average Bonchev–Trinajstić information content (AvgIpc) is 2.87. The number of aliphatic carboxylic acids is 1. The quantitative estimate of drug-likeness (QED) is 0.313. The third kappa shape index (κ3) is 6.37. The van der Waals surface area contributed by atoms with Gasteiger partial charge in [0.2, 0.25) is 11.8 Å². The van der Waals surface area contributed by atoms with Crippen molar-refractivity contribution >= 4 is 17.8 Å². The van der Waals surface area contributed by atoms with Crippen LogP contribution in [-0.4, -0.2) is 63.6 Å². The highest BCUT2D eigenvalue weighted by molar-refractivity contribution is 5.95. The second kappa shape index (κ2) is 11.4. The Bertz CT molecular complexity index is 1210. The van der Waals surface area contributed by atoms with Gasteiger partial charge in [-0.2, -0.15) is 0 Å². The smallest absolute Gasteiger partial charge is 0.305 e. The van der Waals surface area contributed by atoms with Crippen molar-refractivity contribution in [2.24, 2.45) is 0 Å². The number of carbonyl (C=O) groups excluding carboxylic acids is 2. The lowest BCUT2D eigenvalue weighted by atomic mass is 10.0. The van der Waals surface area contributed by atoms with Crippen molar-refractivity contribution in [1.29, 1.82) is 0 Å². The Morgan fingerprint density at radius 3 is 2.00 bits per heavy atom. The topological polar surface area (TPSA) is 185 Å². The van der Waals surface area contributed by atoms with E-state index in [4.69, 9.17) is 14.6 Å². The van der Waals surface area contributed by atoms with Gasteiger partial charge >= 0.3 is 5.97 Å². The number of aromatic nitrogens is 4. The number of pyridine rings is 2. The van der Waals surface area contributed by atoms with E-state index in [-0.39, 0.29) is 24.4 Å². The number of hydrogen-bond donors (Lipinski definition) is 4. The molecule has 0 aliphatic rings. The molecule has 0 fully saturated rings. The number of carboxylic acids is 1. The van der Waals surface area contributed by atoms with Crippen LogP contribution in [0.25, 0.3) is 0 Å². The van der Waals surface area contributed by atoms with Crippen molar-refractivity contribution < 1.29 is 29.0 Å². The van der Waals surface area contributed by atoms with Crippen LogP contribution in [0.1, 0.15) is 44.6 Å². The number of rotatable bonds is 10. The predicted molar refractivity (Wildman–Crippen MR) is 120 cm³/mol. The van der Waals surface area contributed by atoms with E-state index < -0.39 is 29.4 Å². The van der Waals surface area contributed by atoms with Crippen LogP contribution in [0.3, 0.4) is 0 Å². The van der Waals surface area contributed by atoms with Crippen molar-refractivity contribution in [3.05, 3.63) is 75.7 Å². The second-order valence-corrected chi connectivity index (χ2v) is 7.05. The number of methoxy groups -OCH3 is 2. The molecule has 0 saturated heterocycles. The van der Waals surface area contributed by atoms with Crippen LogP contribution in [0.2, 0.25) is 0 Å². The third-order valence-electron chi connectivity index (χ3n) is 4.76.